The predicted molar refractivity (Wildman–Crippen MR) is 54.1 cm³/mol. The van der Waals surface area contributed by atoms with Gasteiger partial charge in [-0.2, -0.15) is 0 Å². The molecule has 1 nitrogen and oxygen atoms in total. The lowest BCUT2D eigenvalue weighted by atomic mass is 10.4. The highest BCUT2D eigenvalue weighted by atomic mass is 16.3. The molecule has 1 aromatic rings. The Morgan fingerprint density at radius 1 is 1.42 bits per heavy atom. The molecule has 0 radical (unpaired) electrons. The maximum atomic E-state index is 5.14. The third kappa shape index (κ3) is 2.79. The molecule has 0 unspecified atom stereocenters. The van der Waals surface area contributed by atoms with Crippen molar-refractivity contribution in [2.45, 2.75) is 20.8 Å². The highest BCUT2D eigenvalue weighted by Gasteiger charge is 1.82. The van der Waals surface area contributed by atoms with Crippen LogP contribution in [0.15, 0.2) is 29.4 Å². The maximum absolute atomic E-state index is 5.14. The lowest BCUT2D eigenvalue weighted by Crippen LogP contribution is -2.17. The van der Waals surface area contributed by atoms with Gasteiger partial charge < -0.3 is 4.42 Å². The van der Waals surface area contributed by atoms with Crippen LogP contribution in [0.5, 0.6) is 0 Å². The number of allylic oxidation sites excluding steroid dienone is 1. The zero-order valence-electron chi connectivity index (χ0n) is 8.00. The molecule has 0 atom stereocenters. The van der Waals surface area contributed by atoms with Crippen molar-refractivity contribution >= 4 is 12.2 Å². The minimum absolute atomic E-state index is 0.873. The summed E-state index contributed by atoms with van der Waals surface area (Å²) in [7, 11) is 0. The van der Waals surface area contributed by atoms with Crippen molar-refractivity contribution in [1.29, 1.82) is 0 Å². The van der Waals surface area contributed by atoms with Crippen LogP contribution >= 0.6 is 0 Å². The Hall–Kier alpha value is -1.24. The molecule has 0 fully saturated rings. The lowest BCUT2D eigenvalue weighted by Gasteiger charge is -1.72. The van der Waals surface area contributed by atoms with E-state index >= 15 is 0 Å². The summed E-state index contributed by atoms with van der Waals surface area (Å²) in [6.07, 6.45) is 7.23. The molecule has 0 aliphatic heterocycles. The van der Waals surface area contributed by atoms with E-state index in [4.69, 9.17) is 4.42 Å². The lowest BCUT2D eigenvalue weighted by molar-refractivity contribution is 0.531. The van der Waals surface area contributed by atoms with Crippen LogP contribution in [-0.2, 0) is 0 Å². The van der Waals surface area contributed by atoms with Gasteiger partial charge in [-0.3, -0.25) is 0 Å². The fourth-order valence-corrected chi connectivity index (χ4v) is 0.812. The van der Waals surface area contributed by atoms with Gasteiger partial charge in [-0.1, -0.05) is 32.6 Å². The Morgan fingerprint density at radius 3 is 2.58 bits per heavy atom. The molecule has 0 aromatic carbocycles. The van der Waals surface area contributed by atoms with Crippen molar-refractivity contribution in [3.05, 3.63) is 35.6 Å². The Kier molecular flexibility index (Phi) is 5.80. The van der Waals surface area contributed by atoms with Gasteiger partial charge in [0.05, 0.1) is 6.26 Å². The van der Waals surface area contributed by atoms with Gasteiger partial charge in [-0.05, 0) is 19.1 Å². The summed E-state index contributed by atoms with van der Waals surface area (Å²) < 4.78 is 5.14. The molecule has 0 bridgehead atoms. The van der Waals surface area contributed by atoms with E-state index in [2.05, 4.69) is 6.58 Å². The second kappa shape index (κ2) is 6.47. The minimum Gasteiger partial charge on any atom is -0.464 e. The summed E-state index contributed by atoms with van der Waals surface area (Å²) >= 11 is 0. The van der Waals surface area contributed by atoms with Gasteiger partial charge in [0, 0.05) is 5.22 Å². The highest BCUT2D eigenvalue weighted by Crippen LogP contribution is 1.71. The first-order valence-electron chi connectivity index (χ1n) is 4.21. The van der Waals surface area contributed by atoms with Gasteiger partial charge in [-0.25, -0.2) is 0 Å². The van der Waals surface area contributed by atoms with Crippen LogP contribution in [0.1, 0.15) is 20.8 Å². The predicted octanol–water partition coefficient (Wildman–Crippen LogP) is 2.07. The zero-order valence-corrected chi connectivity index (χ0v) is 8.00. The third-order valence-corrected chi connectivity index (χ3v) is 1.31. The highest BCUT2D eigenvalue weighted by molar-refractivity contribution is 5.34. The van der Waals surface area contributed by atoms with Crippen molar-refractivity contribution < 1.29 is 4.42 Å². The molecule has 66 valence electrons. The molecule has 12 heavy (non-hydrogen) atoms. The van der Waals surface area contributed by atoms with Crippen LogP contribution in [0.3, 0.4) is 0 Å². The Morgan fingerprint density at radius 2 is 2.08 bits per heavy atom. The van der Waals surface area contributed by atoms with Gasteiger partial charge in [0.2, 0.25) is 0 Å². The molecule has 0 aliphatic carbocycles. The van der Waals surface area contributed by atoms with Crippen LogP contribution < -0.4 is 10.6 Å². The summed E-state index contributed by atoms with van der Waals surface area (Å²) in [5.74, 6) is 0. The van der Waals surface area contributed by atoms with Crippen molar-refractivity contribution in [3.63, 3.8) is 0 Å². The number of hydrogen-bond acceptors (Lipinski definition) is 1. The fraction of sp³-hybridized carbons (Fsp3) is 0.273. The standard InChI is InChI=1S/C9H10O.C2H6/c1-3-5-9-8(4-2)6-7-10-9;1-2/h3-7H,1H2,2H3;1-2H3/b8-4-,9-5+;. The molecular formula is C11H16O. The van der Waals surface area contributed by atoms with Gasteiger partial charge in [0.1, 0.15) is 5.42 Å². The van der Waals surface area contributed by atoms with Gasteiger partial charge >= 0.3 is 0 Å². The van der Waals surface area contributed by atoms with E-state index in [1.165, 1.54) is 0 Å². The molecule has 1 aromatic heterocycles. The first-order valence-corrected chi connectivity index (χ1v) is 4.21. The molecule has 1 heterocycles. The fourth-order valence-electron chi connectivity index (χ4n) is 0.812. The average molecular weight is 164 g/mol. The third-order valence-electron chi connectivity index (χ3n) is 1.31. The van der Waals surface area contributed by atoms with E-state index in [9.17, 15) is 0 Å². The molecule has 1 rings (SSSR count). The monoisotopic (exact) mass is 164 g/mol. The number of furan rings is 1. The van der Waals surface area contributed by atoms with E-state index in [0.29, 0.717) is 0 Å². The van der Waals surface area contributed by atoms with Crippen LogP contribution in [0.2, 0.25) is 0 Å². The van der Waals surface area contributed by atoms with Crippen molar-refractivity contribution in [1.82, 2.24) is 0 Å². The summed E-state index contributed by atoms with van der Waals surface area (Å²) in [5.41, 5.74) is 0.873. The molecular weight excluding hydrogens is 148 g/mol. The van der Waals surface area contributed by atoms with Crippen molar-refractivity contribution in [2.75, 3.05) is 0 Å². The number of hydrogen-bond donors (Lipinski definition) is 0. The van der Waals surface area contributed by atoms with E-state index in [1.807, 2.05) is 39.0 Å². The molecule has 0 saturated heterocycles. The molecule has 0 spiro atoms. The zero-order chi connectivity index (χ0) is 9.40. The molecule has 0 N–H and O–H groups in total. The molecule has 1 heteroatoms. The Labute approximate surface area is 73.7 Å². The van der Waals surface area contributed by atoms with E-state index in [0.717, 1.165) is 10.6 Å². The van der Waals surface area contributed by atoms with Gasteiger partial charge in [0.15, 0.2) is 0 Å². The quantitative estimate of drug-likeness (QED) is 0.619. The molecule has 0 saturated carbocycles. The first kappa shape index (κ1) is 10.8. The summed E-state index contributed by atoms with van der Waals surface area (Å²) in [4.78, 5) is 0. The average Bonchev–Trinajstić information content (AvgIpc) is 2.56. The van der Waals surface area contributed by atoms with Crippen LogP contribution in [0.25, 0.3) is 12.2 Å². The summed E-state index contributed by atoms with van der Waals surface area (Å²) in [6, 6.07) is 1.93. The summed E-state index contributed by atoms with van der Waals surface area (Å²) in [6.45, 7) is 9.56. The second-order valence-electron chi connectivity index (χ2n) is 1.93. The van der Waals surface area contributed by atoms with Gasteiger partial charge in [-0.15, -0.1) is 0 Å². The van der Waals surface area contributed by atoms with E-state index < -0.39 is 0 Å². The van der Waals surface area contributed by atoms with Crippen LogP contribution in [0.4, 0.5) is 0 Å². The second-order valence-corrected chi connectivity index (χ2v) is 1.93. The van der Waals surface area contributed by atoms with Crippen LogP contribution in [0, 0.1) is 0 Å². The van der Waals surface area contributed by atoms with Crippen molar-refractivity contribution in [3.8, 4) is 0 Å². The largest absolute Gasteiger partial charge is 0.464 e. The van der Waals surface area contributed by atoms with E-state index in [-0.39, 0.29) is 0 Å². The van der Waals surface area contributed by atoms with Crippen molar-refractivity contribution in [2.24, 2.45) is 0 Å². The minimum atomic E-state index is 0.873. The SMILES string of the molecule is C=C/C=c1/occ/c1=C/C.CC. The topological polar surface area (TPSA) is 13.1 Å². The maximum Gasteiger partial charge on any atom is 0.133 e. The first-order chi connectivity index (χ1) is 5.88. The van der Waals surface area contributed by atoms with E-state index in [1.54, 1.807) is 12.3 Å². The Balaban J connectivity index is 0.000000561. The summed E-state index contributed by atoms with van der Waals surface area (Å²) in [5, 5.41) is 1.11. The Bertz CT molecular complexity index is 317. The normalized spacial score (nSPS) is 12.2. The van der Waals surface area contributed by atoms with Crippen LogP contribution in [-0.4, -0.2) is 0 Å². The molecule has 0 aliphatic rings. The molecule has 0 amide bonds. The smallest absolute Gasteiger partial charge is 0.133 e. The van der Waals surface area contributed by atoms with Gasteiger partial charge in [0.25, 0.3) is 0 Å². The number of rotatable bonds is 1.